The molecular formula is C10H10BrN3O2. The standard InChI is InChI=1S/C10H10BrN3O2/c1-16-9(15)4-7-10(12)14-5-6(11)2-3-8(14)13-7/h2-3,5H,4,12H2,1H3. The molecule has 2 rings (SSSR count). The van der Waals surface area contributed by atoms with Gasteiger partial charge in [-0.05, 0) is 28.1 Å². The molecule has 2 aromatic heterocycles. The van der Waals surface area contributed by atoms with Crippen molar-refractivity contribution in [1.82, 2.24) is 9.38 Å². The van der Waals surface area contributed by atoms with E-state index in [0.29, 0.717) is 17.2 Å². The van der Waals surface area contributed by atoms with Gasteiger partial charge in [0.15, 0.2) is 0 Å². The highest BCUT2D eigenvalue weighted by atomic mass is 79.9. The summed E-state index contributed by atoms with van der Waals surface area (Å²) in [6.07, 6.45) is 1.89. The minimum absolute atomic E-state index is 0.0850. The van der Waals surface area contributed by atoms with Crippen LogP contribution < -0.4 is 5.73 Å². The van der Waals surface area contributed by atoms with Crippen molar-refractivity contribution in [1.29, 1.82) is 0 Å². The van der Waals surface area contributed by atoms with Gasteiger partial charge < -0.3 is 10.5 Å². The van der Waals surface area contributed by atoms with Gasteiger partial charge >= 0.3 is 5.97 Å². The molecule has 6 heteroatoms. The van der Waals surface area contributed by atoms with Gasteiger partial charge in [-0.3, -0.25) is 9.20 Å². The van der Waals surface area contributed by atoms with Gasteiger partial charge in [-0.25, -0.2) is 4.98 Å². The summed E-state index contributed by atoms with van der Waals surface area (Å²) in [5.41, 5.74) is 7.12. The lowest BCUT2D eigenvalue weighted by Gasteiger charge is -1.98. The van der Waals surface area contributed by atoms with Crippen LogP contribution >= 0.6 is 15.9 Å². The van der Waals surface area contributed by atoms with E-state index in [1.54, 1.807) is 10.6 Å². The van der Waals surface area contributed by atoms with Crippen LogP contribution in [-0.4, -0.2) is 22.5 Å². The molecule has 0 amide bonds. The number of carbonyl (C=O) groups excluding carboxylic acids is 1. The first kappa shape index (κ1) is 10.9. The quantitative estimate of drug-likeness (QED) is 0.846. The average Bonchev–Trinajstić information content (AvgIpc) is 2.56. The van der Waals surface area contributed by atoms with Crippen molar-refractivity contribution in [3.8, 4) is 0 Å². The predicted octanol–water partition coefficient (Wildman–Crippen LogP) is 1.39. The molecule has 2 aromatic rings. The second-order valence-corrected chi connectivity index (χ2v) is 4.19. The maximum Gasteiger partial charge on any atom is 0.311 e. The minimum Gasteiger partial charge on any atom is -0.469 e. The molecule has 16 heavy (non-hydrogen) atoms. The number of hydrogen-bond donors (Lipinski definition) is 1. The zero-order chi connectivity index (χ0) is 11.7. The van der Waals surface area contributed by atoms with Crippen molar-refractivity contribution in [2.45, 2.75) is 6.42 Å². The number of halogens is 1. The first-order valence-electron chi connectivity index (χ1n) is 4.60. The third-order valence-electron chi connectivity index (χ3n) is 2.24. The molecule has 0 atom stereocenters. The van der Waals surface area contributed by atoms with Crippen LogP contribution in [0.1, 0.15) is 5.69 Å². The van der Waals surface area contributed by atoms with Crippen LogP contribution in [0.25, 0.3) is 5.65 Å². The highest BCUT2D eigenvalue weighted by Gasteiger charge is 2.13. The Labute approximate surface area is 100 Å². The highest BCUT2D eigenvalue weighted by molar-refractivity contribution is 9.10. The second-order valence-electron chi connectivity index (χ2n) is 3.27. The monoisotopic (exact) mass is 283 g/mol. The Kier molecular flexibility index (Phi) is 2.82. The lowest BCUT2D eigenvalue weighted by molar-refractivity contribution is -0.139. The molecule has 84 valence electrons. The molecule has 0 aliphatic heterocycles. The zero-order valence-corrected chi connectivity index (χ0v) is 10.2. The molecule has 0 radical (unpaired) electrons. The number of aromatic nitrogens is 2. The van der Waals surface area contributed by atoms with Crippen molar-refractivity contribution >= 4 is 33.4 Å². The maximum absolute atomic E-state index is 11.1. The average molecular weight is 284 g/mol. The number of rotatable bonds is 2. The fourth-order valence-corrected chi connectivity index (χ4v) is 1.76. The Morgan fingerprint density at radius 3 is 3.06 bits per heavy atom. The lowest BCUT2D eigenvalue weighted by Crippen LogP contribution is -2.07. The van der Waals surface area contributed by atoms with Gasteiger partial charge in [-0.1, -0.05) is 0 Å². The summed E-state index contributed by atoms with van der Waals surface area (Å²) in [5, 5.41) is 0. The molecule has 0 fully saturated rings. The van der Waals surface area contributed by atoms with E-state index in [2.05, 4.69) is 25.7 Å². The van der Waals surface area contributed by atoms with Gasteiger partial charge in [-0.2, -0.15) is 0 Å². The van der Waals surface area contributed by atoms with Crippen LogP contribution in [0, 0.1) is 0 Å². The number of hydrogen-bond acceptors (Lipinski definition) is 4. The fourth-order valence-electron chi connectivity index (χ4n) is 1.42. The lowest BCUT2D eigenvalue weighted by atomic mass is 10.3. The first-order valence-corrected chi connectivity index (χ1v) is 5.40. The summed E-state index contributed by atoms with van der Waals surface area (Å²) in [6, 6.07) is 3.69. The number of imidazole rings is 1. The van der Waals surface area contributed by atoms with Crippen molar-refractivity contribution in [3.05, 3.63) is 28.5 Å². The molecule has 0 aliphatic carbocycles. The van der Waals surface area contributed by atoms with E-state index in [1.165, 1.54) is 7.11 Å². The summed E-state index contributed by atoms with van der Waals surface area (Å²) in [4.78, 5) is 15.4. The van der Waals surface area contributed by atoms with E-state index in [1.807, 2.05) is 12.1 Å². The third-order valence-corrected chi connectivity index (χ3v) is 2.70. The van der Waals surface area contributed by atoms with Crippen LogP contribution in [0.15, 0.2) is 22.8 Å². The molecule has 0 spiro atoms. The van der Waals surface area contributed by atoms with Crippen LogP contribution in [-0.2, 0) is 16.0 Å². The first-order chi connectivity index (χ1) is 7.61. The van der Waals surface area contributed by atoms with Crippen LogP contribution in [0.2, 0.25) is 0 Å². The van der Waals surface area contributed by atoms with E-state index < -0.39 is 0 Å². The van der Waals surface area contributed by atoms with Crippen LogP contribution in [0.4, 0.5) is 5.82 Å². The highest BCUT2D eigenvalue weighted by Crippen LogP contribution is 2.19. The number of esters is 1. The molecule has 2 N–H and O–H groups in total. The van der Waals surface area contributed by atoms with E-state index in [9.17, 15) is 4.79 Å². The topological polar surface area (TPSA) is 69.6 Å². The summed E-state index contributed by atoms with van der Waals surface area (Å²) < 4.78 is 7.20. The fraction of sp³-hybridized carbons (Fsp3) is 0.200. The Balaban J connectivity index is 2.48. The number of nitrogen functional groups attached to an aromatic ring is 1. The van der Waals surface area contributed by atoms with Crippen molar-refractivity contribution < 1.29 is 9.53 Å². The van der Waals surface area contributed by atoms with Crippen molar-refractivity contribution in [2.75, 3.05) is 12.8 Å². The molecule has 2 heterocycles. The number of methoxy groups -OCH3 is 1. The predicted molar refractivity (Wildman–Crippen MR) is 63.0 cm³/mol. The number of nitrogens with zero attached hydrogens (tertiary/aromatic N) is 2. The molecule has 5 nitrogen and oxygen atoms in total. The molecule has 0 saturated carbocycles. The second kappa shape index (κ2) is 4.13. The minimum atomic E-state index is -0.353. The van der Waals surface area contributed by atoms with E-state index in [4.69, 9.17) is 5.73 Å². The van der Waals surface area contributed by atoms with Crippen molar-refractivity contribution in [3.63, 3.8) is 0 Å². The van der Waals surface area contributed by atoms with Gasteiger partial charge in [0.1, 0.15) is 11.5 Å². The Hall–Kier alpha value is -1.56. The van der Waals surface area contributed by atoms with Crippen LogP contribution in [0.3, 0.4) is 0 Å². The maximum atomic E-state index is 11.1. The number of ether oxygens (including phenoxy) is 1. The molecule has 0 aromatic carbocycles. The van der Waals surface area contributed by atoms with E-state index in [-0.39, 0.29) is 12.4 Å². The number of carbonyl (C=O) groups is 1. The summed E-state index contributed by atoms with van der Waals surface area (Å²) in [7, 11) is 1.34. The molecule has 0 bridgehead atoms. The Bertz CT molecular complexity index is 550. The summed E-state index contributed by atoms with van der Waals surface area (Å²) in [6.45, 7) is 0. The van der Waals surface area contributed by atoms with Crippen molar-refractivity contribution in [2.24, 2.45) is 0 Å². The third kappa shape index (κ3) is 1.88. The number of anilines is 1. The van der Waals surface area contributed by atoms with E-state index >= 15 is 0 Å². The number of fused-ring (bicyclic) bond motifs is 1. The van der Waals surface area contributed by atoms with Gasteiger partial charge in [0.05, 0.1) is 19.2 Å². The Morgan fingerprint density at radius 2 is 2.38 bits per heavy atom. The molecular weight excluding hydrogens is 274 g/mol. The van der Waals surface area contributed by atoms with Gasteiger partial charge in [0, 0.05) is 10.7 Å². The van der Waals surface area contributed by atoms with Gasteiger partial charge in [0.2, 0.25) is 0 Å². The number of nitrogens with two attached hydrogens (primary N) is 1. The summed E-state index contributed by atoms with van der Waals surface area (Å²) >= 11 is 3.34. The van der Waals surface area contributed by atoms with Gasteiger partial charge in [-0.15, -0.1) is 0 Å². The molecule has 0 saturated heterocycles. The summed E-state index contributed by atoms with van der Waals surface area (Å²) in [5.74, 6) is 0.107. The van der Waals surface area contributed by atoms with Crippen LogP contribution in [0.5, 0.6) is 0 Å². The molecule has 0 unspecified atom stereocenters. The Morgan fingerprint density at radius 1 is 1.62 bits per heavy atom. The van der Waals surface area contributed by atoms with E-state index in [0.717, 1.165) is 4.47 Å². The normalized spacial score (nSPS) is 10.6. The smallest absolute Gasteiger partial charge is 0.311 e. The largest absolute Gasteiger partial charge is 0.469 e. The molecule has 0 aliphatic rings. The van der Waals surface area contributed by atoms with Gasteiger partial charge in [0.25, 0.3) is 0 Å². The zero-order valence-electron chi connectivity index (χ0n) is 8.61. The SMILES string of the molecule is COC(=O)Cc1nc2ccc(Br)cn2c1N. The number of pyridine rings is 1.